The summed E-state index contributed by atoms with van der Waals surface area (Å²) < 4.78 is 18.6. The predicted octanol–water partition coefficient (Wildman–Crippen LogP) is 4.71. The normalized spacial score (nSPS) is 10.4. The fourth-order valence-corrected chi connectivity index (χ4v) is 2.06. The van der Waals surface area contributed by atoms with Gasteiger partial charge in [-0.25, -0.2) is 4.39 Å². The highest BCUT2D eigenvalue weighted by molar-refractivity contribution is 6.31. The number of nitrogens with zero attached hydrogens (tertiary/aromatic N) is 1. The number of halogens is 3. The smallest absolute Gasteiger partial charge is 0.310 e. The van der Waals surface area contributed by atoms with Gasteiger partial charge in [0, 0.05) is 22.5 Å². The van der Waals surface area contributed by atoms with Crippen molar-refractivity contribution in [2.24, 2.45) is 0 Å². The van der Waals surface area contributed by atoms with Crippen molar-refractivity contribution in [3.05, 3.63) is 68.5 Å². The summed E-state index contributed by atoms with van der Waals surface area (Å²) in [4.78, 5) is 10.4. The summed E-state index contributed by atoms with van der Waals surface area (Å²) in [6.07, 6.45) is 0. The molecule has 0 saturated carbocycles. The molecule has 0 aliphatic carbocycles. The van der Waals surface area contributed by atoms with Crippen LogP contribution in [0.3, 0.4) is 0 Å². The van der Waals surface area contributed by atoms with Crippen LogP contribution in [0.25, 0.3) is 0 Å². The molecule has 2 aromatic carbocycles. The first-order valence-electron chi connectivity index (χ1n) is 5.91. The Hall–Kier alpha value is -1.85. The minimum Gasteiger partial charge on any atom is -0.482 e. The lowest BCUT2D eigenvalue weighted by atomic mass is 10.2. The molecule has 2 aromatic rings. The molecule has 21 heavy (non-hydrogen) atoms. The van der Waals surface area contributed by atoms with Crippen molar-refractivity contribution in [3.63, 3.8) is 0 Å². The molecule has 0 bridgehead atoms. The Labute approximate surface area is 130 Å². The second kappa shape index (κ2) is 6.74. The third-order valence-electron chi connectivity index (χ3n) is 2.77. The van der Waals surface area contributed by atoms with Gasteiger partial charge in [0.25, 0.3) is 0 Å². The number of alkyl halides is 1. The molecule has 0 fully saturated rings. The van der Waals surface area contributed by atoms with Crippen molar-refractivity contribution < 1.29 is 14.1 Å². The minimum atomic E-state index is -0.555. The first kappa shape index (κ1) is 15.5. The number of ether oxygens (including phenoxy) is 1. The Morgan fingerprint density at radius 2 is 2.00 bits per heavy atom. The van der Waals surface area contributed by atoms with Crippen molar-refractivity contribution >= 4 is 28.9 Å². The molecule has 0 N–H and O–H groups in total. The number of nitro groups is 1. The minimum absolute atomic E-state index is 0.0680. The molecule has 0 heterocycles. The van der Waals surface area contributed by atoms with E-state index in [1.54, 1.807) is 6.07 Å². The quantitative estimate of drug-likeness (QED) is 0.453. The average Bonchev–Trinajstić information content (AvgIpc) is 2.47. The van der Waals surface area contributed by atoms with Crippen LogP contribution >= 0.6 is 23.2 Å². The molecule has 110 valence electrons. The number of benzene rings is 2. The van der Waals surface area contributed by atoms with Crippen molar-refractivity contribution in [1.29, 1.82) is 0 Å². The number of hydrogen-bond acceptors (Lipinski definition) is 3. The van der Waals surface area contributed by atoms with Crippen molar-refractivity contribution in [2.45, 2.75) is 12.5 Å². The van der Waals surface area contributed by atoms with Gasteiger partial charge in [0.05, 0.1) is 4.92 Å². The highest BCUT2D eigenvalue weighted by atomic mass is 35.5. The van der Waals surface area contributed by atoms with E-state index in [2.05, 4.69) is 0 Å². The van der Waals surface area contributed by atoms with Gasteiger partial charge in [-0.2, -0.15) is 0 Å². The average molecular weight is 330 g/mol. The molecule has 0 unspecified atom stereocenters. The zero-order valence-electron chi connectivity index (χ0n) is 10.7. The molecule has 0 amide bonds. The Balaban J connectivity index is 2.26. The largest absolute Gasteiger partial charge is 0.482 e. The van der Waals surface area contributed by atoms with Crippen molar-refractivity contribution in [3.8, 4) is 5.75 Å². The van der Waals surface area contributed by atoms with E-state index in [-0.39, 0.29) is 23.9 Å². The van der Waals surface area contributed by atoms with Gasteiger partial charge in [-0.1, -0.05) is 17.7 Å². The summed E-state index contributed by atoms with van der Waals surface area (Å²) in [5.74, 6) is -0.185. The van der Waals surface area contributed by atoms with Crippen LogP contribution in [0.2, 0.25) is 5.02 Å². The van der Waals surface area contributed by atoms with Crippen LogP contribution in [0.15, 0.2) is 36.4 Å². The Bertz CT molecular complexity index is 679. The lowest BCUT2D eigenvalue weighted by Gasteiger charge is -2.09. The van der Waals surface area contributed by atoms with Crippen LogP contribution in [-0.4, -0.2) is 4.92 Å². The zero-order valence-corrected chi connectivity index (χ0v) is 12.2. The molecule has 0 atom stereocenters. The highest BCUT2D eigenvalue weighted by Gasteiger charge is 2.16. The maximum Gasteiger partial charge on any atom is 0.310 e. The molecule has 0 aromatic heterocycles. The van der Waals surface area contributed by atoms with Gasteiger partial charge in [-0.3, -0.25) is 10.1 Å². The molecule has 2 rings (SSSR count). The van der Waals surface area contributed by atoms with Gasteiger partial charge in [0.2, 0.25) is 0 Å². The standard InChI is InChI=1S/C14H10Cl2FNO3/c15-7-9-1-4-13(18(19)20)14(5-9)21-8-10-6-11(17)2-3-12(10)16/h1-6H,7-8H2. The third-order valence-corrected chi connectivity index (χ3v) is 3.44. The SMILES string of the molecule is O=[N+]([O-])c1ccc(CCl)cc1OCc1cc(F)ccc1Cl. The molecular weight excluding hydrogens is 320 g/mol. The second-order valence-corrected chi connectivity index (χ2v) is 4.89. The Kier molecular flexibility index (Phi) is 4.98. The summed E-state index contributed by atoms with van der Waals surface area (Å²) in [6, 6.07) is 8.20. The van der Waals surface area contributed by atoms with Crippen LogP contribution < -0.4 is 4.74 Å². The first-order chi connectivity index (χ1) is 10.0. The second-order valence-electron chi connectivity index (χ2n) is 4.22. The molecule has 0 saturated heterocycles. The van der Waals surface area contributed by atoms with E-state index in [9.17, 15) is 14.5 Å². The zero-order chi connectivity index (χ0) is 15.4. The molecule has 0 aliphatic rings. The van der Waals surface area contributed by atoms with E-state index in [0.717, 1.165) is 0 Å². The van der Waals surface area contributed by atoms with Crippen LogP contribution in [0, 0.1) is 15.9 Å². The summed E-state index contributed by atoms with van der Waals surface area (Å²) in [5.41, 5.74) is 0.904. The summed E-state index contributed by atoms with van der Waals surface area (Å²) >= 11 is 11.6. The van der Waals surface area contributed by atoms with Gasteiger partial charge >= 0.3 is 5.69 Å². The summed E-state index contributed by atoms with van der Waals surface area (Å²) in [6.45, 7) is -0.0802. The van der Waals surface area contributed by atoms with Gasteiger partial charge in [-0.15, -0.1) is 11.6 Å². The maximum absolute atomic E-state index is 13.2. The van der Waals surface area contributed by atoms with E-state index >= 15 is 0 Å². The molecule has 0 spiro atoms. The van der Waals surface area contributed by atoms with E-state index in [0.29, 0.717) is 16.1 Å². The fourth-order valence-electron chi connectivity index (χ4n) is 1.72. The van der Waals surface area contributed by atoms with E-state index in [1.165, 1.54) is 30.3 Å². The topological polar surface area (TPSA) is 52.4 Å². The third kappa shape index (κ3) is 3.83. The van der Waals surface area contributed by atoms with Gasteiger partial charge < -0.3 is 4.74 Å². The molecule has 4 nitrogen and oxygen atoms in total. The Morgan fingerprint density at radius 3 is 2.67 bits per heavy atom. The van der Waals surface area contributed by atoms with E-state index < -0.39 is 10.7 Å². The molecule has 7 heteroatoms. The van der Waals surface area contributed by atoms with Crippen molar-refractivity contribution in [2.75, 3.05) is 0 Å². The van der Waals surface area contributed by atoms with Crippen LogP contribution in [-0.2, 0) is 12.5 Å². The Morgan fingerprint density at radius 1 is 1.24 bits per heavy atom. The van der Waals surface area contributed by atoms with Crippen LogP contribution in [0.4, 0.5) is 10.1 Å². The van der Waals surface area contributed by atoms with Gasteiger partial charge in [0.15, 0.2) is 5.75 Å². The van der Waals surface area contributed by atoms with Gasteiger partial charge in [0.1, 0.15) is 12.4 Å². The van der Waals surface area contributed by atoms with E-state index in [1.807, 2.05) is 0 Å². The molecule has 0 radical (unpaired) electrons. The maximum atomic E-state index is 13.2. The summed E-state index contributed by atoms with van der Waals surface area (Å²) in [7, 11) is 0. The van der Waals surface area contributed by atoms with Crippen LogP contribution in [0.5, 0.6) is 5.75 Å². The first-order valence-corrected chi connectivity index (χ1v) is 6.82. The van der Waals surface area contributed by atoms with Crippen molar-refractivity contribution in [1.82, 2.24) is 0 Å². The number of rotatable bonds is 5. The summed E-state index contributed by atoms with van der Waals surface area (Å²) in [5, 5.41) is 11.3. The predicted molar refractivity (Wildman–Crippen MR) is 78.4 cm³/mol. The monoisotopic (exact) mass is 329 g/mol. The molecule has 0 aliphatic heterocycles. The number of hydrogen-bond donors (Lipinski definition) is 0. The lowest BCUT2D eigenvalue weighted by molar-refractivity contribution is -0.386. The van der Waals surface area contributed by atoms with E-state index in [4.69, 9.17) is 27.9 Å². The fraction of sp³-hybridized carbons (Fsp3) is 0.143. The highest BCUT2D eigenvalue weighted by Crippen LogP contribution is 2.30. The number of nitro benzene ring substituents is 1. The lowest BCUT2D eigenvalue weighted by Crippen LogP contribution is -2.01. The molecular formula is C14H10Cl2FNO3. The van der Waals surface area contributed by atoms with Gasteiger partial charge in [-0.05, 0) is 29.8 Å². The van der Waals surface area contributed by atoms with Crippen LogP contribution in [0.1, 0.15) is 11.1 Å².